The van der Waals surface area contributed by atoms with Crippen LogP contribution in [0.25, 0.3) is 0 Å². The minimum atomic E-state index is -0.524. The quantitative estimate of drug-likeness (QED) is 0.875. The van der Waals surface area contributed by atoms with Gasteiger partial charge in [0.1, 0.15) is 5.82 Å². The Labute approximate surface area is 132 Å². The Morgan fingerprint density at radius 2 is 1.71 bits per heavy atom. The number of hydrogen-bond donors (Lipinski definition) is 2. The first-order valence-corrected chi connectivity index (χ1v) is 7.01. The first kappa shape index (κ1) is 15.6. The smallest absolute Gasteiger partial charge is 0.239 e. The molecule has 0 spiro atoms. The van der Waals surface area contributed by atoms with Crippen molar-refractivity contribution in [3.63, 3.8) is 0 Å². The predicted octanol–water partition coefficient (Wildman–Crippen LogP) is 3.86. The van der Waals surface area contributed by atoms with Gasteiger partial charge in [-0.1, -0.05) is 53.5 Å². The summed E-state index contributed by atoms with van der Waals surface area (Å²) in [5, 5.41) is 5.83. The molecule has 0 unspecified atom stereocenters. The van der Waals surface area contributed by atoms with Crippen molar-refractivity contribution in [1.82, 2.24) is 5.32 Å². The molecule has 0 radical (unpaired) electrons. The van der Waals surface area contributed by atoms with E-state index in [4.69, 9.17) is 23.2 Å². The van der Waals surface area contributed by atoms with Gasteiger partial charge in [0.05, 0.1) is 22.3 Å². The normalized spacial score (nSPS) is 10.2. The van der Waals surface area contributed by atoms with Crippen molar-refractivity contribution >= 4 is 34.8 Å². The van der Waals surface area contributed by atoms with E-state index in [2.05, 4.69) is 10.6 Å². The van der Waals surface area contributed by atoms with Crippen LogP contribution in [0.2, 0.25) is 10.0 Å². The molecule has 0 saturated heterocycles. The second kappa shape index (κ2) is 7.29. The van der Waals surface area contributed by atoms with Crippen LogP contribution in [0.4, 0.5) is 10.1 Å². The number of rotatable bonds is 5. The molecule has 2 aromatic rings. The van der Waals surface area contributed by atoms with E-state index >= 15 is 0 Å². The molecule has 1 amide bonds. The number of hydrogen-bond acceptors (Lipinski definition) is 2. The molecule has 2 N–H and O–H groups in total. The van der Waals surface area contributed by atoms with Crippen LogP contribution < -0.4 is 10.6 Å². The molecule has 2 aromatic carbocycles. The maximum Gasteiger partial charge on any atom is 0.239 e. The summed E-state index contributed by atoms with van der Waals surface area (Å²) in [6, 6.07) is 11.8. The maximum absolute atomic E-state index is 13.0. The van der Waals surface area contributed by atoms with Crippen molar-refractivity contribution in [1.29, 1.82) is 0 Å². The molecule has 0 fully saturated rings. The lowest BCUT2D eigenvalue weighted by Gasteiger charge is -2.11. The van der Waals surface area contributed by atoms with Crippen molar-refractivity contribution in [2.75, 3.05) is 11.9 Å². The SMILES string of the molecule is O=C(CNc1c(Cl)cc(F)cc1Cl)NCc1ccccc1. The third kappa shape index (κ3) is 4.62. The van der Waals surface area contributed by atoms with Gasteiger partial charge >= 0.3 is 0 Å². The van der Waals surface area contributed by atoms with Gasteiger partial charge < -0.3 is 10.6 Å². The van der Waals surface area contributed by atoms with Crippen molar-refractivity contribution in [2.45, 2.75) is 6.54 Å². The molecular weight excluding hydrogens is 314 g/mol. The number of benzene rings is 2. The largest absolute Gasteiger partial charge is 0.374 e. The van der Waals surface area contributed by atoms with Crippen LogP contribution in [-0.2, 0) is 11.3 Å². The second-order valence-electron chi connectivity index (χ2n) is 4.36. The first-order chi connectivity index (χ1) is 10.1. The van der Waals surface area contributed by atoms with Crippen molar-refractivity contribution in [2.24, 2.45) is 0 Å². The van der Waals surface area contributed by atoms with Gasteiger partial charge in [-0.2, -0.15) is 0 Å². The lowest BCUT2D eigenvalue weighted by Crippen LogP contribution is -2.29. The Hall–Kier alpha value is -1.78. The van der Waals surface area contributed by atoms with Crippen molar-refractivity contribution < 1.29 is 9.18 Å². The summed E-state index contributed by atoms with van der Waals surface area (Å²) < 4.78 is 13.0. The zero-order valence-corrected chi connectivity index (χ0v) is 12.5. The van der Waals surface area contributed by atoms with Crippen molar-refractivity contribution in [3.8, 4) is 0 Å². The second-order valence-corrected chi connectivity index (χ2v) is 5.17. The lowest BCUT2D eigenvalue weighted by molar-refractivity contribution is -0.119. The topological polar surface area (TPSA) is 41.1 Å². The standard InChI is InChI=1S/C15H13Cl2FN2O/c16-12-6-11(18)7-13(17)15(12)20-9-14(21)19-8-10-4-2-1-3-5-10/h1-7,20H,8-9H2,(H,19,21). The van der Waals surface area contributed by atoms with Crippen LogP contribution in [0.3, 0.4) is 0 Å². The number of nitrogens with one attached hydrogen (secondary N) is 2. The summed E-state index contributed by atoms with van der Waals surface area (Å²) >= 11 is 11.7. The first-order valence-electron chi connectivity index (χ1n) is 6.25. The predicted molar refractivity (Wildman–Crippen MR) is 83.2 cm³/mol. The molecule has 0 aliphatic carbocycles. The molecule has 6 heteroatoms. The number of amides is 1. The molecule has 0 aliphatic heterocycles. The zero-order chi connectivity index (χ0) is 15.2. The van der Waals surface area contributed by atoms with E-state index in [0.29, 0.717) is 12.2 Å². The highest BCUT2D eigenvalue weighted by atomic mass is 35.5. The summed E-state index contributed by atoms with van der Waals surface area (Å²) in [6.07, 6.45) is 0. The third-order valence-electron chi connectivity index (χ3n) is 2.77. The van der Waals surface area contributed by atoms with Gasteiger partial charge in [-0.05, 0) is 17.7 Å². The molecule has 2 rings (SSSR count). The molecule has 0 bridgehead atoms. The summed E-state index contributed by atoms with van der Waals surface area (Å²) in [7, 11) is 0. The minimum absolute atomic E-state index is 0.00208. The minimum Gasteiger partial charge on any atom is -0.374 e. The van der Waals surface area contributed by atoms with Crippen LogP contribution in [-0.4, -0.2) is 12.5 Å². The fourth-order valence-corrected chi connectivity index (χ4v) is 2.33. The Bertz CT molecular complexity index is 612. The van der Waals surface area contributed by atoms with Gasteiger partial charge in [-0.15, -0.1) is 0 Å². The fourth-order valence-electron chi connectivity index (χ4n) is 1.74. The van der Waals surface area contributed by atoms with Crippen molar-refractivity contribution in [3.05, 3.63) is 63.9 Å². The van der Waals surface area contributed by atoms with E-state index in [9.17, 15) is 9.18 Å². The van der Waals surface area contributed by atoms with E-state index in [1.165, 1.54) is 0 Å². The molecule has 3 nitrogen and oxygen atoms in total. The van der Waals surface area contributed by atoms with E-state index in [0.717, 1.165) is 17.7 Å². The summed E-state index contributed by atoms with van der Waals surface area (Å²) in [6.45, 7) is 0.435. The van der Waals surface area contributed by atoms with Gasteiger partial charge in [0.2, 0.25) is 5.91 Å². The third-order valence-corrected chi connectivity index (χ3v) is 3.36. The van der Waals surface area contributed by atoms with Gasteiger partial charge in [0.15, 0.2) is 0 Å². The number of carbonyl (C=O) groups excluding carboxylic acids is 1. The van der Waals surface area contributed by atoms with Crippen LogP contribution in [0.1, 0.15) is 5.56 Å². The van der Waals surface area contributed by atoms with Crippen LogP contribution in [0.5, 0.6) is 0 Å². The highest BCUT2D eigenvalue weighted by molar-refractivity contribution is 6.39. The zero-order valence-electron chi connectivity index (χ0n) is 11.0. The van der Waals surface area contributed by atoms with Crippen LogP contribution >= 0.6 is 23.2 Å². The van der Waals surface area contributed by atoms with Crippen LogP contribution in [0, 0.1) is 5.82 Å². The molecule has 0 aliphatic rings. The Morgan fingerprint density at radius 1 is 1.10 bits per heavy atom. The highest BCUT2D eigenvalue weighted by Crippen LogP contribution is 2.31. The highest BCUT2D eigenvalue weighted by Gasteiger charge is 2.09. The number of halogens is 3. The molecule has 0 saturated carbocycles. The van der Waals surface area contributed by atoms with E-state index in [-0.39, 0.29) is 22.5 Å². The van der Waals surface area contributed by atoms with E-state index in [1.807, 2.05) is 30.3 Å². The van der Waals surface area contributed by atoms with Crippen LogP contribution in [0.15, 0.2) is 42.5 Å². The molecule has 0 atom stereocenters. The molecular formula is C15H13Cl2FN2O. The van der Waals surface area contributed by atoms with Gasteiger partial charge in [0, 0.05) is 6.54 Å². The van der Waals surface area contributed by atoms with E-state index < -0.39 is 5.82 Å². The lowest BCUT2D eigenvalue weighted by atomic mass is 10.2. The summed E-state index contributed by atoms with van der Waals surface area (Å²) in [5.74, 6) is -0.737. The van der Waals surface area contributed by atoms with Gasteiger partial charge in [0.25, 0.3) is 0 Å². The molecule has 0 heterocycles. The number of carbonyl (C=O) groups is 1. The molecule has 110 valence electrons. The Kier molecular flexibility index (Phi) is 5.42. The van der Waals surface area contributed by atoms with E-state index in [1.54, 1.807) is 0 Å². The summed E-state index contributed by atoms with van der Waals surface area (Å²) in [4.78, 5) is 11.7. The average Bonchev–Trinajstić information content (AvgIpc) is 2.45. The molecule has 21 heavy (non-hydrogen) atoms. The fraction of sp³-hybridized carbons (Fsp3) is 0.133. The summed E-state index contributed by atoms with van der Waals surface area (Å²) in [5.41, 5.74) is 1.35. The molecule has 0 aromatic heterocycles. The maximum atomic E-state index is 13.0. The van der Waals surface area contributed by atoms with Gasteiger partial charge in [-0.25, -0.2) is 4.39 Å². The van der Waals surface area contributed by atoms with Gasteiger partial charge in [-0.3, -0.25) is 4.79 Å². The Balaban J connectivity index is 1.87. The monoisotopic (exact) mass is 326 g/mol. The Morgan fingerprint density at radius 3 is 2.33 bits per heavy atom. The average molecular weight is 327 g/mol. The number of anilines is 1.